The lowest BCUT2D eigenvalue weighted by atomic mass is 10.3. The van der Waals surface area contributed by atoms with Gasteiger partial charge in [0.1, 0.15) is 0 Å². The molecule has 0 atom stereocenters. The molecule has 1 aromatic heterocycles. The van der Waals surface area contributed by atoms with Crippen molar-refractivity contribution in [2.45, 2.75) is 33.4 Å². The standard InChI is InChI=1S/C11H22N4/c1-4-10-8-11(15(5-2)13-10)9-14(3)7-6-12/h8H,4-7,9,12H2,1-3H3. The predicted octanol–water partition coefficient (Wildman–Crippen LogP) is 0.856. The predicted molar refractivity (Wildman–Crippen MR) is 62.7 cm³/mol. The Kier molecular flexibility index (Phi) is 4.78. The van der Waals surface area contributed by atoms with Crippen molar-refractivity contribution in [3.63, 3.8) is 0 Å². The zero-order chi connectivity index (χ0) is 11.3. The highest BCUT2D eigenvalue weighted by Gasteiger charge is 2.07. The van der Waals surface area contributed by atoms with Crippen LogP contribution in [0.15, 0.2) is 6.07 Å². The van der Waals surface area contributed by atoms with Crippen molar-refractivity contribution < 1.29 is 0 Å². The van der Waals surface area contributed by atoms with Crippen molar-refractivity contribution in [2.75, 3.05) is 20.1 Å². The summed E-state index contributed by atoms with van der Waals surface area (Å²) in [4.78, 5) is 2.22. The van der Waals surface area contributed by atoms with Gasteiger partial charge in [-0.25, -0.2) is 0 Å². The summed E-state index contributed by atoms with van der Waals surface area (Å²) in [6, 6.07) is 2.19. The quantitative estimate of drug-likeness (QED) is 0.757. The zero-order valence-corrected chi connectivity index (χ0v) is 10.0. The second-order valence-corrected chi connectivity index (χ2v) is 3.82. The van der Waals surface area contributed by atoms with Crippen LogP contribution >= 0.6 is 0 Å². The van der Waals surface area contributed by atoms with Crippen LogP contribution in [0.1, 0.15) is 25.2 Å². The van der Waals surface area contributed by atoms with Gasteiger partial charge in [0.15, 0.2) is 0 Å². The summed E-state index contributed by atoms with van der Waals surface area (Å²) >= 11 is 0. The number of nitrogens with two attached hydrogens (primary N) is 1. The van der Waals surface area contributed by atoms with Crippen molar-refractivity contribution in [2.24, 2.45) is 5.73 Å². The number of aryl methyl sites for hydroxylation is 2. The molecule has 0 saturated carbocycles. The molecule has 0 saturated heterocycles. The minimum Gasteiger partial charge on any atom is -0.329 e. The van der Waals surface area contributed by atoms with Gasteiger partial charge in [-0.1, -0.05) is 6.92 Å². The van der Waals surface area contributed by atoms with E-state index in [1.807, 2.05) is 0 Å². The van der Waals surface area contributed by atoms with Gasteiger partial charge in [0.25, 0.3) is 0 Å². The van der Waals surface area contributed by atoms with Crippen LogP contribution in [0.2, 0.25) is 0 Å². The van der Waals surface area contributed by atoms with Crippen molar-refractivity contribution in [3.8, 4) is 0 Å². The minimum absolute atomic E-state index is 0.706. The number of hydrogen-bond donors (Lipinski definition) is 1. The third-order valence-electron chi connectivity index (χ3n) is 2.52. The molecule has 1 heterocycles. The molecule has 1 aromatic rings. The van der Waals surface area contributed by atoms with E-state index in [1.54, 1.807) is 0 Å². The Balaban J connectivity index is 2.69. The fourth-order valence-electron chi connectivity index (χ4n) is 1.66. The molecule has 0 aliphatic carbocycles. The van der Waals surface area contributed by atoms with E-state index >= 15 is 0 Å². The molecule has 4 heteroatoms. The molecule has 0 bridgehead atoms. The van der Waals surface area contributed by atoms with Crippen LogP contribution in [0.3, 0.4) is 0 Å². The van der Waals surface area contributed by atoms with E-state index in [4.69, 9.17) is 5.73 Å². The first-order valence-electron chi connectivity index (χ1n) is 5.65. The van der Waals surface area contributed by atoms with Crippen molar-refractivity contribution in [1.82, 2.24) is 14.7 Å². The van der Waals surface area contributed by atoms with Gasteiger partial charge in [-0.3, -0.25) is 9.58 Å². The maximum atomic E-state index is 5.52. The Morgan fingerprint density at radius 3 is 2.73 bits per heavy atom. The van der Waals surface area contributed by atoms with Crippen LogP contribution in [0.25, 0.3) is 0 Å². The molecule has 0 aromatic carbocycles. The summed E-state index contributed by atoms with van der Waals surface area (Å²) in [6.45, 7) is 7.76. The van der Waals surface area contributed by atoms with E-state index in [0.717, 1.165) is 26.1 Å². The molecule has 0 radical (unpaired) electrons. The number of nitrogens with zero attached hydrogens (tertiary/aromatic N) is 3. The summed E-state index contributed by atoms with van der Waals surface area (Å²) in [5.74, 6) is 0. The summed E-state index contributed by atoms with van der Waals surface area (Å²) in [6.07, 6.45) is 1.00. The molecule has 2 N–H and O–H groups in total. The van der Waals surface area contributed by atoms with Gasteiger partial charge < -0.3 is 5.73 Å². The number of hydrogen-bond acceptors (Lipinski definition) is 3. The highest BCUT2D eigenvalue weighted by atomic mass is 15.3. The highest BCUT2D eigenvalue weighted by Crippen LogP contribution is 2.07. The Morgan fingerprint density at radius 2 is 2.20 bits per heavy atom. The van der Waals surface area contributed by atoms with E-state index in [0.29, 0.717) is 6.54 Å². The largest absolute Gasteiger partial charge is 0.329 e. The molecule has 0 aliphatic rings. The van der Waals surface area contributed by atoms with E-state index < -0.39 is 0 Å². The van der Waals surface area contributed by atoms with Crippen LogP contribution in [0.5, 0.6) is 0 Å². The van der Waals surface area contributed by atoms with Gasteiger partial charge in [0, 0.05) is 26.2 Å². The maximum Gasteiger partial charge on any atom is 0.0625 e. The van der Waals surface area contributed by atoms with Gasteiger partial charge in [-0.2, -0.15) is 5.10 Å². The molecule has 1 rings (SSSR count). The SMILES string of the molecule is CCc1cc(CN(C)CCN)n(CC)n1. The van der Waals surface area contributed by atoms with Gasteiger partial charge in [0.2, 0.25) is 0 Å². The lowest BCUT2D eigenvalue weighted by Gasteiger charge is -2.15. The molecular formula is C11H22N4. The van der Waals surface area contributed by atoms with Crippen LogP contribution in [0, 0.1) is 0 Å². The molecule has 0 fully saturated rings. The first-order chi connectivity index (χ1) is 7.21. The third kappa shape index (κ3) is 3.32. The van der Waals surface area contributed by atoms with E-state index in [2.05, 4.69) is 41.6 Å². The number of likely N-dealkylation sites (N-methyl/N-ethyl adjacent to an activating group) is 1. The van der Waals surface area contributed by atoms with E-state index in [9.17, 15) is 0 Å². The van der Waals surface area contributed by atoms with Gasteiger partial charge in [0.05, 0.1) is 11.4 Å². The fourth-order valence-corrected chi connectivity index (χ4v) is 1.66. The average molecular weight is 210 g/mol. The van der Waals surface area contributed by atoms with E-state index in [1.165, 1.54) is 11.4 Å². The third-order valence-corrected chi connectivity index (χ3v) is 2.52. The summed E-state index contributed by atoms with van der Waals surface area (Å²) < 4.78 is 2.08. The normalized spacial score (nSPS) is 11.3. The lowest BCUT2D eigenvalue weighted by molar-refractivity contribution is 0.324. The molecule has 0 unspecified atom stereocenters. The lowest BCUT2D eigenvalue weighted by Crippen LogP contribution is -2.26. The summed E-state index contributed by atoms with van der Waals surface area (Å²) in [5, 5.41) is 4.52. The van der Waals surface area contributed by atoms with Gasteiger partial charge in [-0.05, 0) is 26.5 Å². The molecule has 86 valence electrons. The number of rotatable bonds is 6. The monoisotopic (exact) mass is 210 g/mol. The van der Waals surface area contributed by atoms with Gasteiger partial charge >= 0.3 is 0 Å². The van der Waals surface area contributed by atoms with Crippen LogP contribution < -0.4 is 5.73 Å². The second kappa shape index (κ2) is 5.88. The maximum absolute atomic E-state index is 5.52. The molecular weight excluding hydrogens is 188 g/mol. The fraction of sp³-hybridized carbons (Fsp3) is 0.727. The highest BCUT2D eigenvalue weighted by molar-refractivity contribution is 5.10. The van der Waals surface area contributed by atoms with Gasteiger partial charge in [-0.15, -0.1) is 0 Å². The first kappa shape index (κ1) is 12.2. The molecule has 0 amide bonds. The minimum atomic E-state index is 0.706. The zero-order valence-electron chi connectivity index (χ0n) is 10.0. The van der Waals surface area contributed by atoms with Crippen LogP contribution in [-0.4, -0.2) is 34.8 Å². The van der Waals surface area contributed by atoms with Crippen molar-refractivity contribution in [3.05, 3.63) is 17.5 Å². The topological polar surface area (TPSA) is 47.1 Å². The Morgan fingerprint density at radius 1 is 1.47 bits per heavy atom. The Hall–Kier alpha value is -0.870. The first-order valence-corrected chi connectivity index (χ1v) is 5.65. The van der Waals surface area contributed by atoms with Crippen LogP contribution in [0.4, 0.5) is 0 Å². The summed E-state index contributed by atoms with van der Waals surface area (Å²) in [7, 11) is 2.09. The van der Waals surface area contributed by atoms with E-state index in [-0.39, 0.29) is 0 Å². The second-order valence-electron chi connectivity index (χ2n) is 3.82. The number of aromatic nitrogens is 2. The summed E-state index contributed by atoms with van der Waals surface area (Å²) in [5.41, 5.74) is 7.98. The Bertz CT molecular complexity index is 293. The molecule has 4 nitrogen and oxygen atoms in total. The molecule has 0 aliphatic heterocycles. The van der Waals surface area contributed by atoms with Crippen molar-refractivity contribution in [1.29, 1.82) is 0 Å². The molecule has 15 heavy (non-hydrogen) atoms. The van der Waals surface area contributed by atoms with Crippen molar-refractivity contribution >= 4 is 0 Å². The molecule has 0 spiro atoms. The smallest absolute Gasteiger partial charge is 0.0625 e. The van der Waals surface area contributed by atoms with Crippen LogP contribution in [-0.2, 0) is 19.5 Å². The Labute approximate surface area is 92.1 Å². The average Bonchev–Trinajstić information content (AvgIpc) is 2.60.